The molecule has 0 aliphatic carbocycles. The summed E-state index contributed by atoms with van der Waals surface area (Å²) in [4.78, 5) is 0. The molecule has 90 valence electrons. The maximum atomic E-state index is 5.37. The molecule has 0 aliphatic heterocycles. The lowest BCUT2D eigenvalue weighted by Gasteiger charge is -2.13. The third kappa shape index (κ3) is 2.98. The van der Waals surface area contributed by atoms with Crippen molar-refractivity contribution in [1.29, 1.82) is 0 Å². The Morgan fingerprint density at radius 1 is 1.24 bits per heavy atom. The summed E-state index contributed by atoms with van der Waals surface area (Å²) in [6.45, 7) is 7.26. The van der Waals surface area contributed by atoms with Gasteiger partial charge < -0.3 is 9.73 Å². The smallest absolute Gasteiger partial charge is 0.120 e. The Bertz CT molecular complexity index is 474. The van der Waals surface area contributed by atoms with Crippen molar-refractivity contribution < 1.29 is 4.42 Å². The Kier molecular flexibility index (Phi) is 3.64. The molecule has 0 aliphatic rings. The van der Waals surface area contributed by atoms with Crippen LogP contribution in [0.4, 0.5) is 0 Å². The first-order chi connectivity index (χ1) is 8.16. The van der Waals surface area contributed by atoms with E-state index in [-0.39, 0.29) is 6.04 Å². The Hall–Kier alpha value is -1.54. The van der Waals surface area contributed by atoms with Crippen molar-refractivity contribution in [2.75, 3.05) is 0 Å². The number of furan rings is 1. The molecular weight excluding hydrogens is 210 g/mol. The quantitative estimate of drug-likeness (QED) is 0.863. The lowest BCUT2D eigenvalue weighted by molar-refractivity contribution is 0.430. The van der Waals surface area contributed by atoms with Crippen LogP contribution in [0, 0.1) is 13.8 Å². The van der Waals surface area contributed by atoms with Gasteiger partial charge in [-0.2, -0.15) is 0 Å². The Labute approximate surface area is 103 Å². The van der Waals surface area contributed by atoms with Gasteiger partial charge in [0.25, 0.3) is 0 Å². The zero-order chi connectivity index (χ0) is 12.3. The highest BCUT2D eigenvalue weighted by molar-refractivity contribution is 5.30. The van der Waals surface area contributed by atoms with Crippen molar-refractivity contribution in [2.24, 2.45) is 0 Å². The lowest BCUT2D eigenvalue weighted by atomic mass is 10.1. The Balaban J connectivity index is 1.98. The molecule has 1 atom stereocenters. The van der Waals surface area contributed by atoms with Crippen LogP contribution in [0.25, 0.3) is 0 Å². The number of hydrogen-bond donors (Lipinski definition) is 1. The fourth-order valence-electron chi connectivity index (χ4n) is 1.95. The third-order valence-electron chi connectivity index (χ3n) is 3.07. The minimum absolute atomic E-state index is 0.241. The van der Waals surface area contributed by atoms with Gasteiger partial charge in [0.05, 0.1) is 12.3 Å². The van der Waals surface area contributed by atoms with Gasteiger partial charge in [0.2, 0.25) is 0 Å². The summed E-state index contributed by atoms with van der Waals surface area (Å²) in [7, 11) is 0. The van der Waals surface area contributed by atoms with E-state index in [1.54, 1.807) is 6.26 Å². The molecule has 1 heterocycles. The van der Waals surface area contributed by atoms with Gasteiger partial charge in [-0.15, -0.1) is 0 Å². The van der Waals surface area contributed by atoms with E-state index in [9.17, 15) is 0 Å². The fraction of sp³-hybridized carbons (Fsp3) is 0.333. The van der Waals surface area contributed by atoms with Gasteiger partial charge in [-0.05, 0) is 44.0 Å². The third-order valence-corrected chi connectivity index (χ3v) is 3.07. The van der Waals surface area contributed by atoms with Crippen LogP contribution < -0.4 is 5.32 Å². The summed E-state index contributed by atoms with van der Waals surface area (Å²) >= 11 is 0. The molecule has 1 N–H and O–H groups in total. The van der Waals surface area contributed by atoms with Crippen LogP contribution in [0.5, 0.6) is 0 Å². The molecule has 1 aromatic heterocycles. The van der Waals surface area contributed by atoms with Gasteiger partial charge in [0, 0.05) is 6.54 Å². The molecule has 2 nitrogen and oxygen atoms in total. The van der Waals surface area contributed by atoms with E-state index in [1.807, 2.05) is 12.1 Å². The standard InChI is InChI=1S/C15H19NO/c1-11-6-7-14(12(2)9-11)10-16-13(3)15-5-4-8-17-15/h4-9,13,16H,10H2,1-3H3/t13-/m1/s1. The molecule has 0 radical (unpaired) electrons. The molecule has 0 spiro atoms. The van der Waals surface area contributed by atoms with Crippen LogP contribution >= 0.6 is 0 Å². The lowest BCUT2D eigenvalue weighted by Crippen LogP contribution is -2.18. The minimum atomic E-state index is 0.241. The first kappa shape index (κ1) is 11.9. The number of rotatable bonds is 4. The monoisotopic (exact) mass is 229 g/mol. The zero-order valence-electron chi connectivity index (χ0n) is 10.7. The number of hydrogen-bond acceptors (Lipinski definition) is 2. The molecule has 2 rings (SSSR count). The number of aryl methyl sites for hydroxylation is 2. The first-order valence-electron chi connectivity index (χ1n) is 6.00. The summed E-state index contributed by atoms with van der Waals surface area (Å²) in [6.07, 6.45) is 1.71. The van der Waals surface area contributed by atoms with Crippen LogP contribution in [0.15, 0.2) is 41.0 Å². The number of benzene rings is 1. The fourth-order valence-corrected chi connectivity index (χ4v) is 1.95. The van der Waals surface area contributed by atoms with Crippen LogP contribution in [0.2, 0.25) is 0 Å². The molecule has 0 amide bonds. The van der Waals surface area contributed by atoms with Crippen molar-refractivity contribution in [3.05, 3.63) is 59.0 Å². The van der Waals surface area contributed by atoms with Crippen LogP contribution in [-0.2, 0) is 6.54 Å². The Morgan fingerprint density at radius 3 is 2.71 bits per heavy atom. The summed E-state index contributed by atoms with van der Waals surface area (Å²) in [5, 5.41) is 3.47. The molecule has 0 bridgehead atoms. The summed E-state index contributed by atoms with van der Waals surface area (Å²) in [5.74, 6) is 0.981. The number of nitrogens with one attached hydrogen (secondary N) is 1. The molecule has 0 saturated heterocycles. The van der Waals surface area contributed by atoms with E-state index >= 15 is 0 Å². The van der Waals surface area contributed by atoms with E-state index in [0.29, 0.717) is 0 Å². The molecular formula is C15H19NO. The second-order valence-corrected chi connectivity index (χ2v) is 4.55. The van der Waals surface area contributed by atoms with Gasteiger partial charge in [-0.25, -0.2) is 0 Å². The van der Waals surface area contributed by atoms with Crippen molar-refractivity contribution in [3.8, 4) is 0 Å². The van der Waals surface area contributed by atoms with Crippen molar-refractivity contribution in [3.63, 3.8) is 0 Å². The van der Waals surface area contributed by atoms with Crippen LogP contribution in [0.1, 0.15) is 35.4 Å². The molecule has 2 heteroatoms. The second-order valence-electron chi connectivity index (χ2n) is 4.55. The average molecular weight is 229 g/mol. The van der Waals surface area contributed by atoms with Gasteiger partial charge >= 0.3 is 0 Å². The van der Waals surface area contributed by atoms with Crippen LogP contribution in [-0.4, -0.2) is 0 Å². The topological polar surface area (TPSA) is 25.2 Å². The van der Waals surface area contributed by atoms with E-state index in [4.69, 9.17) is 4.42 Å². The predicted octanol–water partition coefficient (Wildman–Crippen LogP) is 3.75. The Morgan fingerprint density at radius 2 is 2.06 bits per heavy atom. The molecule has 0 saturated carbocycles. The summed E-state index contributed by atoms with van der Waals surface area (Å²) in [6, 6.07) is 10.7. The SMILES string of the molecule is Cc1ccc(CN[C@H](C)c2ccco2)c(C)c1. The van der Waals surface area contributed by atoms with Crippen molar-refractivity contribution in [1.82, 2.24) is 5.32 Å². The highest BCUT2D eigenvalue weighted by Gasteiger charge is 2.07. The minimum Gasteiger partial charge on any atom is -0.468 e. The van der Waals surface area contributed by atoms with E-state index in [0.717, 1.165) is 12.3 Å². The normalized spacial score (nSPS) is 12.6. The van der Waals surface area contributed by atoms with E-state index < -0.39 is 0 Å². The van der Waals surface area contributed by atoms with Gasteiger partial charge in [0.15, 0.2) is 0 Å². The van der Waals surface area contributed by atoms with E-state index in [1.165, 1.54) is 16.7 Å². The van der Waals surface area contributed by atoms with E-state index in [2.05, 4.69) is 44.3 Å². The van der Waals surface area contributed by atoms with Gasteiger partial charge in [0.1, 0.15) is 5.76 Å². The highest BCUT2D eigenvalue weighted by Crippen LogP contribution is 2.15. The zero-order valence-corrected chi connectivity index (χ0v) is 10.7. The molecule has 0 fully saturated rings. The predicted molar refractivity (Wildman–Crippen MR) is 69.9 cm³/mol. The molecule has 17 heavy (non-hydrogen) atoms. The highest BCUT2D eigenvalue weighted by atomic mass is 16.3. The van der Waals surface area contributed by atoms with Crippen molar-refractivity contribution in [2.45, 2.75) is 33.4 Å². The molecule has 1 aromatic carbocycles. The summed E-state index contributed by atoms with van der Waals surface area (Å²) in [5.41, 5.74) is 3.99. The molecule has 2 aromatic rings. The van der Waals surface area contributed by atoms with Gasteiger partial charge in [-0.3, -0.25) is 0 Å². The summed E-state index contributed by atoms with van der Waals surface area (Å²) < 4.78 is 5.37. The van der Waals surface area contributed by atoms with Crippen molar-refractivity contribution >= 4 is 0 Å². The van der Waals surface area contributed by atoms with Gasteiger partial charge in [-0.1, -0.05) is 23.8 Å². The maximum Gasteiger partial charge on any atom is 0.120 e. The maximum absolute atomic E-state index is 5.37. The molecule has 0 unspecified atom stereocenters. The first-order valence-corrected chi connectivity index (χ1v) is 6.00. The van der Waals surface area contributed by atoms with Crippen LogP contribution in [0.3, 0.4) is 0 Å². The largest absolute Gasteiger partial charge is 0.468 e. The average Bonchev–Trinajstić information content (AvgIpc) is 2.81. The second kappa shape index (κ2) is 5.19.